The molecule has 0 bridgehead atoms. The molecule has 1 fully saturated rings. The number of hydrogen-bond donors (Lipinski definition) is 0. The molecule has 1 saturated heterocycles. The van der Waals surface area contributed by atoms with E-state index in [-0.39, 0.29) is 23.1 Å². The molecule has 3 heterocycles. The smallest absolute Gasteiger partial charge is 0.342 e. The summed E-state index contributed by atoms with van der Waals surface area (Å²) in [5, 5.41) is 4.64. The van der Waals surface area contributed by atoms with Crippen molar-refractivity contribution in [3.63, 3.8) is 0 Å². The van der Waals surface area contributed by atoms with Gasteiger partial charge in [-0.15, -0.1) is 0 Å². The van der Waals surface area contributed by atoms with Gasteiger partial charge in [0.2, 0.25) is 0 Å². The molecule has 9 nitrogen and oxygen atoms in total. The number of hydrogen-bond acceptors (Lipinski definition) is 6. The van der Waals surface area contributed by atoms with Crippen LogP contribution < -0.4 is 0 Å². The molecule has 4 aromatic rings. The van der Waals surface area contributed by atoms with Gasteiger partial charge in [0.25, 0.3) is 11.8 Å². The molecule has 0 radical (unpaired) electrons. The first kappa shape index (κ1) is 24.1. The first-order valence-corrected chi connectivity index (χ1v) is 12.0. The molecular formula is C28H26N4O5. The Hall–Kier alpha value is -4.66. The molecule has 9 heteroatoms. The molecule has 188 valence electrons. The molecule has 0 unspecified atom stereocenters. The van der Waals surface area contributed by atoms with E-state index in [1.165, 1.54) is 6.26 Å². The minimum Gasteiger partial charge on any atom is -0.459 e. The molecule has 0 aliphatic carbocycles. The Labute approximate surface area is 213 Å². The second-order valence-corrected chi connectivity index (χ2v) is 8.76. The molecule has 0 N–H and O–H groups in total. The van der Waals surface area contributed by atoms with Crippen LogP contribution in [0.25, 0.3) is 16.9 Å². The van der Waals surface area contributed by atoms with Gasteiger partial charge in [-0.2, -0.15) is 5.10 Å². The number of furan rings is 1. The molecule has 1 aliphatic rings. The number of carbonyl (C=O) groups excluding carboxylic acids is 3. The van der Waals surface area contributed by atoms with Crippen molar-refractivity contribution < 1.29 is 23.5 Å². The number of amides is 2. The SMILES string of the molecule is Cc1ccc(-n2cc(C(=O)OCC(=O)N3CCN(C(=O)c4ccco4)CC3)c(-c3ccccc3)n2)cc1. The van der Waals surface area contributed by atoms with E-state index in [2.05, 4.69) is 5.10 Å². The molecule has 0 atom stereocenters. The zero-order valence-electron chi connectivity index (χ0n) is 20.4. The fraction of sp³-hybridized carbons (Fsp3) is 0.214. The maximum absolute atomic E-state index is 13.1. The van der Waals surface area contributed by atoms with Gasteiger partial charge in [0, 0.05) is 37.9 Å². The first-order chi connectivity index (χ1) is 18.0. The predicted molar refractivity (Wildman–Crippen MR) is 135 cm³/mol. The molecule has 0 saturated carbocycles. The van der Waals surface area contributed by atoms with Crippen LogP contribution in [0.1, 0.15) is 26.5 Å². The van der Waals surface area contributed by atoms with E-state index < -0.39 is 12.6 Å². The largest absolute Gasteiger partial charge is 0.459 e. The molecule has 5 rings (SSSR count). The van der Waals surface area contributed by atoms with Gasteiger partial charge in [0.15, 0.2) is 12.4 Å². The lowest BCUT2D eigenvalue weighted by Crippen LogP contribution is -2.51. The van der Waals surface area contributed by atoms with Crippen LogP contribution in [0.3, 0.4) is 0 Å². The minimum absolute atomic E-state index is 0.206. The summed E-state index contributed by atoms with van der Waals surface area (Å²) in [5.74, 6) is -0.875. The number of benzene rings is 2. The highest BCUT2D eigenvalue weighted by molar-refractivity contribution is 5.97. The molecule has 2 aromatic carbocycles. The summed E-state index contributed by atoms with van der Waals surface area (Å²) < 4.78 is 12.2. The summed E-state index contributed by atoms with van der Waals surface area (Å²) >= 11 is 0. The highest BCUT2D eigenvalue weighted by Crippen LogP contribution is 2.24. The summed E-state index contributed by atoms with van der Waals surface area (Å²) in [6, 6.07) is 20.4. The third-order valence-electron chi connectivity index (χ3n) is 6.26. The van der Waals surface area contributed by atoms with E-state index in [1.54, 1.807) is 32.8 Å². The standard InChI is InChI=1S/C28H26N4O5/c1-20-9-11-22(12-10-20)32-18-23(26(29-32)21-6-3-2-4-7-21)28(35)37-19-25(33)30-13-15-31(16-14-30)27(34)24-8-5-17-36-24/h2-12,17-18H,13-16,19H2,1H3. The number of rotatable bonds is 6. The van der Waals surface area contributed by atoms with Crippen molar-refractivity contribution in [2.45, 2.75) is 6.92 Å². The van der Waals surface area contributed by atoms with Gasteiger partial charge < -0.3 is 19.0 Å². The average molecular weight is 499 g/mol. The van der Waals surface area contributed by atoms with Crippen molar-refractivity contribution in [1.82, 2.24) is 19.6 Å². The highest BCUT2D eigenvalue weighted by atomic mass is 16.5. The molecular weight excluding hydrogens is 472 g/mol. The lowest BCUT2D eigenvalue weighted by Gasteiger charge is -2.34. The Morgan fingerprint density at radius 3 is 2.27 bits per heavy atom. The maximum Gasteiger partial charge on any atom is 0.342 e. The summed E-state index contributed by atoms with van der Waals surface area (Å²) in [4.78, 5) is 41.5. The zero-order chi connectivity index (χ0) is 25.8. The Bertz CT molecular complexity index is 1390. The number of piperazine rings is 1. The summed E-state index contributed by atoms with van der Waals surface area (Å²) in [7, 11) is 0. The van der Waals surface area contributed by atoms with Crippen LogP contribution in [0.5, 0.6) is 0 Å². The van der Waals surface area contributed by atoms with Crippen molar-refractivity contribution >= 4 is 17.8 Å². The molecule has 37 heavy (non-hydrogen) atoms. The van der Waals surface area contributed by atoms with Crippen LogP contribution in [0, 0.1) is 6.92 Å². The quantitative estimate of drug-likeness (QED) is 0.377. The van der Waals surface area contributed by atoms with Gasteiger partial charge >= 0.3 is 5.97 Å². The van der Waals surface area contributed by atoms with Gasteiger partial charge in [0.05, 0.1) is 12.0 Å². The Kier molecular flexibility index (Phi) is 6.85. The van der Waals surface area contributed by atoms with Gasteiger partial charge in [-0.25, -0.2) is 9.48 Å². The van der Waals surface area contributed by atoms with Crippen LogP contribution in [-0.4, -0.2) is 70.1 Å². The van der Waals surface area contributed by atoms with Crippen LogP contribution in [0.4, 0.5) is 0 Å². The van der Waals surface area contributed by atoms with Crippen molar-refractivity contribution in [2.24, 2.45) is 0 Å². The van der Waals surface area contributed by atoms with E-state index in [1.807, 2.05) is 61.5 Å². The zero-order valence-corrected chi connectivity index (χ0v) is 20.4. The molecule has 2 amide bonds. The Morgan fingerprint density at radius 1 is 0.892 bits per heavy atom. The fourth-order valence-electron chi connectivity index (χ4n) is 4.17. The number of ether oxygens (including phenoxy) is 1. The molecule has 1 aliphatic heterocycles. The highest BCUT2D eigenvalue weighted by Gasteiger charge is 2.27. The minimum atomic E-state index is -0.628. The van der Waals surface area contributed by atoms with E-state index in [0.717, 1.165) is 16.8 Å². The van der Waals surface area contributed by atoms with Crippen molar-refractivity contribution in [3.8, 4) is 16.9 Å². The fourth-order valence-corrected chi connectivity index (χ4v) is 4.17. The summed E-state index contributed by atoms with van der Waals surface area (Å²) in [5.41, 5.74) is 3.43. The third kappa shape index (κ3) is 5.30. The average Bonchev–Trinajstić information content (AvgIpc) is 3.63. The number of nitrogens with zero attached hydrogens (tertiary/aromatic N) is 4. The summed E-state index contributed by atoms with van der Waals surface area (Å²) in [6.45, 7) is 3.06. The Balaban J connectivity index is 1.25. The van der Waals surface area contributed by atoms with Gasteiger partial charge in [-0.1, -0.05) is 48.0 Å². The number of carbonyl (C=O) groups is 3. The van der Waals surface area contributed by atoms with E-state index in [0.29, 0.717) is 31.9 Å². The number of esters is 1. The monoisotopic (exact) mass is 498 g/mol. The lowest BCUT2D eigenvalue weighted by atomic mass is 10.1. The van der Waals surface area contributed by atoms with Crippen LogP contribution in [0.15, 0.2) is 83.6 Å². The van der Waals surface area contributed by atoms with Crippen LogP contribution in [0.2, 0.25) is 0 Å². The van der Waals surface area contributed by atoms with E-state index >= 15 is 0 Å². The van der Waals surface area contributed by atoms with Crippen LogP contribution >= 0.6 is 0 Å². The van der Waals surface area contributed by atoms with Gasteiger partial charge in [-0.05, 0) is 31.2 Å². The molecule has 2 aromatic heterocycles. The second kappa shape index (κ2) is 10.5. The Morgan fingerprint density at radius 2 is 1.59 bits per heavy atom. The number of aromatic nitrogens is 2. The lowest BCUT2D eigenvalue weighted by molar-refractivity contribution is -0.136. The van der Waals surface area contributed by atoms with E-state index in [9.17, 15) is 14.4 Å². The van der Waals surface area contributed by atoms with Crippen LogP contribution in [-0.2, 0) is 9.53 Å². The number of aryl methyl sites for hydroxylation is 1. The van der Waals surface area contributed by atoms with E-state index in [4.69, 9.17) is 9.15 Å². The first-order valence-electron chi connectivity index (χ1n) is 12.0. The molecule has 0 spiro atoms. The normalized spacial score (nSPS) is 13.4. The predicted octanol–water partition coefficient (Wildman–Crippen LogP) is 3.58. The van der Waals surface area contributed by atoms with Crippen molar-refractivity contribution in [2.75, 3.05) is 32.8 Å². The third-order valence-corrected chi connectivity index (χ3v) is 6.26. The second-order valence-electron chi connectivity index (χ2n) is 8.76. The maximum atomic E-state index is 13.1. The van der Waals surface area contributed by atoms with Crippen molar-refractivity contribution in [3.05, 3.63) is 96.1 Å². The van der Waals surface area contributed by atoms with Gasteiger partial charge in [-0.3, -0.25) is 9.59 Å². The van der Waals surface area contributed by atoms with Crippen molar-refractivity contribution in [1.29, 1.82) is 0 Å². The van der Waals surface area contributed by atoms with Gasteiger partial charge in [0.1, 0.15) is 11.3 Å². The summed E-state index contributed by atoms with van der Waals surface area (Å²) in [6.07, 6.45) is 3.08. The topological polar surface area (TPSA) is 97.9 Å².